The summed E-state index contributed by atoms with van der Waals surface area (Å²) < 4.78 is 10.6. The summed E-state index contributed by atoms with van der Waals surface area (Å²) in [6.45, 7) is 2.38. The van der Waals surface area contributed by atoms with Crippen molar-refractivity contribution in [3.63, 3.8) is 0 Å². The minimum atomic E-state index is 0.0698. The first-order chi connectivity index (χ1) is 7.71. The van der Waals surface area contributed by atoms with Crippen LogP contribution in [-0.2, 0) is 0 Å². The number of nitriles is 1. The van der Waals surface area contributed by atoms with Crippen LogP contribution in [0.4, 0.5) is 0 Å². The summed E-state index contributed by atoms with van der Waals surface area (Å²) in [5.41, 5.74) is 0.527. The van der Waals surface area contributed by atoms with Crippen LogP contribution in [0.1, 0.15) is 12.5 Å². The predicted octanol–water partition coefficient (Wildman–Crippen LogP) is 1.57. The molecule has 86 valence electrons. The van der Waals surface area contributed by atoms with Crippen molar-refractivity contribution < 1.29 is 14.6 Å². The van der Waals surface area contributed by atoms with E-state index in [1.54, 1.807) is 18.2 Å². The fraction of sp³-hybridized carbons (Fsp3) is 0.417. The average Bonchev–Trinajstić information content (AvgIpc) is 2.35. The molecule has 0 spiro atoms. The topological polar surface area (TPSA) is 62.5 Å². The highest BCUT2D eigenvalue weighted by atomic mass is 16.5. The van der Waals surface area contributed by atoms with Crippen LogP contribution in [0.3, 0.4) is 0 Å². The molecule has 0 bridgehead atoms. The van der Waals surface area contributed by atoms with Crippen LogP contribution >= 0.6 is 0 Å². The molecule has 0 aliphatic carbocycles. The second kappa shape index (κ2) is 5.99. The quantitative estimate of drug-likeness (QED) is 0.819. The van der Waals surface area contributed by atoms with Gasteiger partial charge in [-0.3, -0.25) is 0 Å². The molecule has 16 heavy (non-hydrogen) atoms. The first kappa shape index (κ1) is 12.3. The van der Waals surface area contributed by atoms with Gasteiger partial charge in [-0.25, -0.2) is 0 Å². The lowest BCUT2D eigenvalue weighted by Crippen LogP contribution is -2.12. The van der Waals surface area contributed by atoms with E-state index in [2.05, 4.69) is 0 Å². The zero-order valence-corrected chi connectivity index (χ0v) is 9.43. The van der Waals surface area contributed by atoms with E-state index in [-0.39, 0.29) is 12.5 Å². The maximum Gasteiger partial charge on any atom is 0.162 e. The third-order valence-corrected chi connectivity index (χ3v) is 2.13. The monoisotopic (exact) mass is 221 g/mol. The lowest BCUT2D eigenvalue weighted by molar-refractivity contribution is 0.171. The molecule has 0 aromatic heterocycles. The Balaban J connectivity index is 2.76. The van der Waals surface area contributed by atoms with E-state index in [1.807, 2.05) is 13.0 Å². The maximum atomic E-state index is 8.87. The van der Waals surface area contributed by atoms with Crippen LogP contribution in [0.5, 0.6) is 11.5 Å². The Morgan fingerprint density at radius 2 is 2.19 bits per heavy atom. The first-order valence-electron chi connectivity index (χ1n) is 5.03. The lowest BCUT2D eigenvalue weighted by Gasteiger charge is -2.13. The highest BCUT2D eigenvalue weighted by Gasteiger charge is 2.07. The number of aliphatic hydroxyl groups excluding tert-OH is 1. The average molecular weight is 221 g/mol. The molecule has 4 heteroatoms. The van der Waals surface area contributed by atoms with Gasteiger partial charge in [0.25, 0.3) is 0 Å². The second-order valence-corrected chi connectivity index (χ2v) is 3.58. The largest absolute Gasteiger partial charge is 0.493 e. The Morgan fingerprint density at radius 3 is 2.75 bits per heavy atom. The summed E-state index contributed by atoms with van der Waals surface area (Å²) in [6.07, 6.45) is 0. The number of rotatable bonds is 5. The summed E-state index contributed by atoms with van der Waals surface area (Å²) in [6, 6.07) is 7.02. The molecule has 0 aliphatic rings. The van der Waals surface area contributed by atoms with Crippen LogP contribution in [0.25, 0.3) is 0 Å². The molecule has 0 heterocycles. The van der Waals surface area contributed by atoms with Crippen molar-refractivity contribution in [2.24, 2.45) is 5.92 Å². The minimum Gasteiger partial charge on any atom is -0.493 e. The number of ether oxygens (including phenoxy) is 2. The maximum absolute atomic E-state index is 8.87. The summed E-state index contributed by atoms with van der Waals surface area (Å²) >= 11 is 0. The van der Waals surface area contributed by atoms with Crippen LogP contribution in [-0.4, -0.2) is 25.4 Å². The van der Waals surface area contributed by atoms with E-state index in [4.69, 9.17) is 19.8 Å². The molecule has 1 rings (SSSR count). The summed E-state index contributed by atoms with van der Waals surface area (Å²) in [5, 5.41) is 17.6. The molecule has 0 fully saturated rings. The van der Waals surface area contributed by atoms with Gasteiger partial charge in [0.2, 0.25) is 0 Å². The molecule has 1 atom stereocenters. The SMILES string of the molecule is COc1cc(C#N)ccc1OCC(C)CO. The van der Waals surface area contributed by atoms with Gasteiger partial charge >= 0.3 is 0 Å². The second-order valence-electron chi connectivity index (χ2n) is 3.58. The predicted molar refractivity (Wildman–Crippen MR) is 59.5 cm³/mol. The fourth-order valence-corrected chi connectivity index (χ4v) is 1.14. The van der Waals surface area contributed by atoms with Gasteiger partial charge < -0.3 is 14.6 Å². The van der Waals surface area contributed by atoms with Crippen molar-refractivity contribution in [3.05, 3.63) is 23.8 Å². The molecule has 0 aliphatic heterocycles. The van der Waals surface area contributed by atoms with Crippen molar-refractivity contribution in [1.29, 1.82) is 5.26 Å². The van der Waals surface area contributed by atoms with Crippen molar-refractivity contribution >= 4 is 0 Å². The molecule has 1 aromatic rings. The van der Waals surface area contributed by atoms with Crippen molar-refractivity contribution in [3.8, 4) is 17.6 Å². The molecular formula is C12H15NO3. The van der Waals surface area contributed by atoms with Gasteiger partial charge in [0.05, 0.1) is 25.3 Å². The normalized spacial score (nSPS) is 11.6. The van der Waals surface area contributed by atoms with Gasteiger partial charge in [0.1, 0.15) is 0 Å². The molecule has 0 saturated heterocycles. The number of methoxy groups -OCH3 is 1. The van der Waals surface area contributed by atoms with Crippen LogP contribution in [0, 0.1) is 17.2 Å². The van der Waals surface area contributed by atoms with Crippen LogP contribution in [0.15, 0.2) is 18.2 Å². The molecular weight excluding hydrogens is 206 g/mol. The molecule has 4 nitrogen and oxygen atoms in total. The van der Waals surface area contributed by atoms with Gasteiger partial charge in [-0.05, 0) is 12.1 Å². The fourth-order valence-electron chi connectivity index (χ4n) is 1.14. The third-order valence-electron chi connectivity index (χ3n) is 2.13. The van der Waals surface area contributed by atoms with Gasteiger partial charge in [0, 0.05) is 18.6 Å². The number of benzene rings is 1. The first-order valence-corrected chi connectivity index (χ1v) is 5.03. The Morgan fingerprint density at radius 1 is 1.44 bits per heavy atom. The lowest BCUT2D eigenvalue weighted by atomic mass is 10.2. The molecule has 0 radical (unpaired) electrons. The Labute approximate surface area is 95.0 Å². The van der Waals surface area contributed by atoms with Crippen molar-refractivity contribution in [2.75, 3.05) is 20.3 Å². The van der Waals surface area contributed by atoms with Crippen molar-refractivity contribution in [2.45, 2.75) is 6.92 Å². The summed E-state index contributed by atoms with van der Waals surface area (Å²) in [5.74, 6) is 1.19. The molecule has 1 aromatic carbocycles. The zero-order chi connectivity index (χ0) is 12.0. The standard InChI is InChI=1S/C12H15NO3/c1-9(7-14)8-16-11-4-3-10(6-13)5-12(11)15-2/h3-5,9,14H,7-8H2,1-2H3. The molecule has 1 unspecified atom stereocenters. The van der Waals surface area contributed by atoms with Gasteiger partial charge in [0.15, 0.2) is 11.5 Å². The molecule has 0 amide bonds. The van der Waals surface area contributed by atoms with Gasteiger partial charge in [-0.1, -0.05) is 6.92 Å². The smallest absolute Gasteiger partial charge is 0.162 e. The van der Waals surface area contributed by atoms with E-state index in [1.165, 1.54) is 7.11 Å². The molecule has 1 N–H and O–H groups in total. The van der Waals surface area contributed by atoms with E-state index < -0.39 is 0 Å². The number of hydrogen-bond donors (Lipinski definition) is 1. The van der Waals surface area contributed by atoms with E-state index in [0.29, 0.717) is 23.7 Å². The Bertz CT molecular complexity index is 384. The van der Waals surface area contributed by atoms with E-state index in [9.17, 15) is 0 Å². The Hall–Kier alpha value is -1.73. The van der Waals surface area contributed by atoms with E-state index in [0.717, 1.165) is 0 Å². The highest BCUT2D eigenvalue weighted by molar-refractivity contribution is 5.46. The third kappa shape index (κ3) is 3.14. The van der Waals surface area contributed by atoms with Gasteiger partial charge in [-0.15, -0.1) is 0 Å². The van der Waals surface area contributed by atoms with Crippen LogP contribution in [0.2, 0.25) is 0 Å². The number of nitrogens with zero attached hydrogens (tertiary/aromatic N) is 1. The summed E-state index contributed by atoms with van der Waals surface area (Å²) in [4.78, 5) is 0. The van der Waals surface area contributed by atoms with E-state index >= 15 is 0 Å². The van der Waals surface area contributed by atoms with Crippen molar-refractivity contribution in [1.82, 2.24) is 0 Å². The van der Waals surface area contributed by atoms with Crippen LogP contribution < -0.4 is 9.47 Å². The zero-order valence-electron chi connectivity index (χ0n) is 9.43. The summed E-state index contributed by atoms with van der Waals surface area (Å²) in [7, 11) is 1.53. The Kier molecular flexibility index (Phi) is 4.62. The van der Waals surface area contributed by atoms with Gasteiger partial charge in [-0.2, -0.15) is 5.26 Å². The highest BCUT2D eigenvalue weighted by Crippen LogP contribution is 2.28. The number of hydrogen-bond acceptors (Lipinski definition) is 4. The number of aliphatic hydroxyl groups is 1. The minimum absolute atomic E-state index is 0.0698. The molecule has 0 saturated carbocycles.